The fourth-order valence-corrected chi connectivity index (χ4v) is 3.50. The first-order valence-electron chi connectivity index (χ1n) is 7.83. The van der Waals surface area contributed by atoms with E-state index in [1.54, 1.807) is 19.0 Å². The van der Waals surface area contributed by atoms with Gasteiger partial charge < -0.3 is 20.2 Å². The Kier molecular flexibility index (Phi) is 4.93. The normalized spacial score (nSPS) is 23.4. The summed E-state index contributed by atoms with van der Waals surface area (Å²) in [7, 11) is 3.48. The molecular formula is C15H25N3O4. The van der Waals surface area contributed by atoms with Gasteiger partial charge in [0.15, 0.2) is 0 Å². The number of urea groups is 1. The number of carboxylic acids is 1. The molecule has 2 N–H and O–H groups in total. The highest BCUT2D eigenvalue weighted by Crippen LogP contribution is 2.39. The van der Waals surface area contributed by atoms with E-state index < -0.39 is 17.3 Å². The zero-order chi connectivity index (χ0) is 16.3. The molecule has 22 heavy (non-hydrogen) atoms. The van der Waals surface area contributed by atoms with Crippen molar-refractivity contribution in [2.24, 2.45) is 11.3 Å². The summed E-state index contributed by atoms with van der Waals surface area (Å²) in [5.41, 5.74) is -0.495. The van der Waals surface area contributed by atoms with Crippen LogP contribution in [0.3, 0.4) is 0 Å². The van der Waals surface area contributed by atoms with Gasteiger partial charge in [-0.3, -0.25) is 9.59 Å². The number of hydrogen-bond donors (Lipinski definition) is 2. The molecule has 0 spiro atoms. The van der Waals surface area contributed by atoms with Crippen molar-refractivity contribution in [1.29, 1.82) is 0 Å². The van der Waals surface area contributed by atoms with E-state index in [4.69, 9.17) is 5.11 Å². The number of nitrogens with one attached hydrogen (secondary N) is 1. The highest BCUT2D eigenvalue weighted by Gasteiger charge is 2.42. The van der Waals surface area contributed by atoms with E-state index in [1.807, 2.05) is 0 Å². The van der Waals surface area contributed by atoms with Gasteiger partial charge in [-0.25, -0.2) is 4.79 Å². The van der Waals surface area contributed by atoms with E-state index in [0.29, 0.717) is 19.5 Å². The van der Waals surface area contributed by atoms with Gasteiger partial charge in [-0.05, 0) is 19.3 Å². The Balaban J connectivity index is 1.92. The van der Waals surface area contributed by atoms with Crippen LogP contribution < -0.4 is 5.32 Å². The second kappa shape index (κ2) is 6.54. The fraction of sp³-hybridized carbons (Fsp3) is 0.800. The number of nitrogens with zero attached hydrogens (tertiary/aromatic N) is 2. The van der Waals surface area contributed by atoms with Gasteiger partial charge in [0.25, 0.3) is 0 Å². The lowest BCUT2D eigenvalue weighted by Gasteiger charge is -2.31. The average Bonchev–Trinajstić information content (AvgIpc) is 3.13. The quantitative estimate of drug-likeness (QED) is 0.802. The Bertz CT molecular complexity index is 458. The van der Waals surface area contributed by atoms with Gasteiger partial charge >= 0.3 is 12.0 Å². The summed E-state index contributed by atoms with van der Waals surface area (Å²) in [6, 6.07) is -0.262. The molecule has 0 aromatic rings. The molecule has 1 aliphatic carbocycles. The summed E-state index contributed by atoms with van der Waals surface area (Å²) in [6.07, 6.45) is 4.08. The largest absolute Gasteiger partial charge is 0.481 e. The van der Waals surface area contributed by atoms with Gasteiger partial charge in [0.1, 0.15) is 0 Å². The Hall–Kier alpha value is -1.79. The lowest BCUT2D eigenvalue weighted by atomic mass is 9.84. The monoisotopic (exact) mass is 311 g/mol. The molecule has 0 radical (unpaired) electrons. The minimum atomic E-state index is -0.856. The third-order valence-electron chi connectivity index (χ3n) is 4.82. The van der Waals surface area contributed by atoms with E-state index >= 15 is 0 Å². The molecular weight excluding hydrogens is 286 g/mol. The average molecular weight is 311 g/mol. The van der Waals surface area contributed by atoms with Crippen LogP contribution in [0.5, 0.6) is 0 Å². The van der Waals surface area contributed by atoms with E-state index in [-0.39, 0.29) is 18.5 Å². The van der Waals surface area contributed by atoms with Gasteiger partial charge in [0, 0.05) is 33.7 Å². The van der Waals surface area contributed by atoms with Gasteiger partial charge in [-0.2, -0.15) is 0 Å². The second-order valence-electron chi connectivity index (χ2n) is 6.62. The van der Waals surface area contributed by atoms with Crippen LogP contribution in [0.2, 0.25) is 0 Å². The Labute approximate surface area is 130 Å². The molecule has 1 atom stereocenters. The van der Waals surface area contributed by atoms with Crippen LogP contribution >= 0.6 is 0 Å². The highest BCUT2D eigenvalue weighted by atomic mass is 16.4. The zero-order valence-electron chi connectivity index (χ0n) is 13.3. The van der Waals surface area contributed by atoms with Crippen molar-refractivity contribution in [3.63, 3.8) is 0 Å². The summed E-state index contributed by atoms with van der Waals surface area (Å²) in [5, 5.41) is 11.8. The Morgan fingerprint density at radius 2 is 1.91 bits per heavy atom. The van der Waals surface area contributed by atoms with E-state index in [1.165, 1.54) is 4.90 Å². The van der Waals surface area contributed by atoms with Crippen LogP contribution in [0.1, 0.15) is 32.1 Å². The molecule has 1 saturated carbocycles. The molecule has 2 fully saturated rings. The topological polar surface area (TPSA) is 90.0 Å². The molecule has 7 heteroatoms. The Morgan fingerprint density at radius 3 is 2.41 bits per heavy atom. The van der Waals surface area contributed by atoms with Gasteiger partial charge in [0.2, 0.25) is 5.91 Å². The van der Waals surface area contributed by atoms with Crippen LogP contribution in [0.15, 0.2) is 0 Å². The van der Waals surface area contributed by atoms with Crippen molar-refractivity contribution >= 4 is 17.9 Å². The fourth-order valence-electron chi connectivity index (χ4n) is 3.50. The molecule has 1 unspecified atom stereocenters. The third-order valence-corrected chi connectivity index (χ3v) is 4.82. The molecule has 1 saturated heterocycles. The maximum absolute atomic E-state index is 12.4. The molecule has 3 amide bonds. The lowest BCUT2D eigenvalue weighted by molar-refractivity contribution is -0.141. The van der Waals surface area contributed by atoms with Crippen LogP contribution in [-0.2, 0) is 9.59 Å². The number of aliphatic carboxylic acids is 1. The van der Waals surface area contributed by atoms with Crippen molar-refractivity contribution in [1.82, 2.24) is 15.1 Å². The highest BCUT2D eigenvalue weighted by molar-refractivity contribution is 5.84. The number of carbonyl (C=O) groups excluding carboxylic acids is 2. The molecule has 0 bridgehead atoms. The summed E-state index contributed by atoms with van der Waals surface area (Å²) in [4.78, 5) is 38.7. The minimum absolute atomic E-state index is 0.0649. The lowest BCUT2D eigenvalue weighted by Crippen LogP contribution is -2.49. The number of likely N-dealkylation sites (tertiary alicyclic amines) is 1. The summed E-state index contributed by atoms with van der Waals surface area (Å²) in [6.45, 7) is 1.03. The molecule has 2 aliphatic rings. The van der Waals surface area contributed by atoms with Crippen LogP contribution in [-0.4, -0.2) is 66.5 Å². The SMILES string of the molecule is CN(C)C(=O)C1(CNC(=O)N2CCC(C(=O)O)C2)CCCC1. The minimum Gasteiger partial charge on any atom is -0.481 e. The predicted octanol–water partition coefficient (Wildman–Crippen LogP) is 0.751. The number of rotatable bonds is 4. The molecule has 7 nitrogen and oxygen atoms in total. The number of hydrogen-bond acceptors (Lipinski definition) is 3. The predicted molar refractivity (Wildman–Crippen MR) is 80.3 cm³/mol. The first-order chi connectivity index (χ1) is 10.4. The van der Waals surface area contributed by atoms with Gasteiger partial charge in [-0.15, -0.1) is 0 Å². The molecule has 124 valence electrons. The molecule has 1 heterocycles. The molecule has 1 aliphatic heterocycles. The van der Waals surface area contributed by atoms with Crippen molar-refractivity contribution in [3.8, 4) is 0 Å². The van der Waals surface area contributed by atoms with E-state index in [2.05, 4.69) is 5.32 Å². The van der Waals surface area contributed by atoms with Crippen LogP contribution in [0.4, 0.5) is 4.79 Å². The smallest absolute Gasteiger partial charge is 0.317 e. The van der Waals surface area contributed by atoms with Crippen LogP contribution in [0.25, 0.3) is 0 Å². The number of carbonyl (C=O) groups is 3. The van der Waals surface area contributed by atoms with Crippen LogP contribution in [0, 0.1) is 11.3 Å². The van der Waals surface area contributed by atoms with Crippen molar-refractivity contribution in [2.45, 2.75) is 32.1 Å². The molecule has 2 rings (SSSR count). The van der Waals surface area contributed by atoms with Crippen molar-refractivity contribution in [3.05, 3.63) is 0 Å². The van der Waals surface area contributed by atoms with Crippen molar-refractivity contribution < 1.29 is 19.5 Å². The maximum Gasteiger partial charge on any atom is 0.317 e. The van der Waals surface area contributed by atoms with Crippen molar-refractivity contribution in [2.75, 3.05) is 33.7 Å². The van der Waals surface area contributed by atoms with Gasteiger partial charge in [0.05, 0.1) is 11.3 Å². The second-order valence-corrected chi connectivity index (χ2v) is 6.62. The van der Waals surface area contributed by atoms with E-state index in [9.17, 15) is 14.4 Å². The molecule has 0 aromatic carbocycles. The molecule has 0 aromatic heterocycles. The number of amides is 3. The third kappa shape index (κ3) is 3.34. The first kappa shape index (κ1) is 16.6. The zero-order valence-corrected chi connectivity index (χ0v) is 13.3. The summed E-state index contributed by atoms with van der Waals surface area (Å²) < 4.78 is 0. The maximum atomic E-state index is 12.4. The Morgan fingerprint density at radius 1 is 1.27 bits per heavy atom. The van der Waals surface area contributed by atoms with Gasteiger partial charge in [-0.1, -0.05) is 12.8 Å². The summed E-state index contributed by atoms with van der Waals surface area (Å²) >= 11 is 0. The first-order valence-corrected chi connectivity index (χ1v) is 7.83. The summed E-state index contributed by atoms with van der Waals surface area (Å²) in [5.74, 6) is -1.27. The standard InChI is InChI=1S/C15H25N3O4/c1-17(2)13(21)15(6-3-4-7-15)10-16-14(22)18-8-5-11(9-18)12(19)20/h11H,3-10H2,1-2H3,(H,16,22)(H,19,20). The number of carboxylic acid groups (broad SMARTS) is 1. The van der Waals surface area contributed by atoms with E-state index in [0.717, 1.165) is 25.7 Å².